The molecule has 5 nitrogen and oxygen atoms in total. The summed E-state index contributed by atoms with van der Waals surface area (Å²) in [7, 11) is 0. The molecule has 156 valence electrons. The van der Waals surface area contributed by atoms with Crippen molar-refractivity contribution in [1.82, 2.24) is 19.7 Å². The Kier molecular flexibility index (Phi) is 7.87. The molecule has 0 spiro atoms. The summed E-state index contributed by atoms with van der Waals surface area (Å²) in [6.07, 6.45) is 1.81. The largest absolute Gasteiger partial charge is 0.335 e. The van der Waals surface area contributed by atoms with Crippen LogP contribution in [0.15, 0.2) is 76.9 Å². The highest BCUT2D eigenvalue weighted by Crippen LogP contribution is 2.26. The maximum atomic E-state index is 13.0. The Morgan fingerprint density at radius 2 is 1.87 bits per heavy atom. The van der Waals surface area contributed by atoms with Gasteiger partial charge in [-0.15, -0.1) is 16.8 Å². The summed E-state index contributed by atoms with van der Waals surface area (Å²) in [4.78, 5) is 14.9. The summed E-state index contributed by atoms with van der Waals surface area (Å²) >= 11 is 4.87. The lowest BCUT2D eigenvalue weighted by Crippen LogP contribution is -2.37. The van der Waals surface area contributed by atoms with Gasteiger partial charge in [-0.3, -0.25) is 9.36 Å². The van der Waals surface area contributed by atoms with Gasteiger partial charge in [-0.1, -0.05) is 76.2 Å². The monoisotopic (exact) mass is 484 g/mol. The van der Waals surface area contributed by atoms with Crippen molar-refractivity contribution in [3.63, 3.8) is 0 Å². The number of allylic oxidation sites excluding steroid dienone is 1. The van der Waals surface area contributed by atoms with Crippen LogP contribution >= 0.6 is 27.7 Å². The first kappa shape index (κ1) is 22.3. The van der Waals surface area contributed by atoms with Crippen LogP contribution < -0.4 is 0 Å². The smallest absolute Gasteiger partial charge is 0.233 e. The fraction of sp³-hybridized carbons (Fsp3) is 0.261. The first-order valence-electron chi connectivity index (χ1n) is 9.75. The number of hydrogen-bond acceptors (Lipinski definition) is 4. The Hall–Kier alpha value is -2.38. The fourth-order valence-electron chi connectivity index (χ4n) is 3.05. The molecule has 0 bridgehead atoms. The van der Waals surface area contributed by atoms with Crippen LogP contribution in [0.3, 0.4) is 0 Å². The number of thioether (sulfide) groups is 1. The van der Waals surface area contributed by atoms with Crippen molar-refractivity contribution >= 4 is 33.6 Å². The van der Waals surface area contributed by atoms with Crippen LogP contribution in [0.25, 0.3) is 11.4 Å². The van der Waals surface area contributed by atoms with E-state index in [4.69, 9.17) is 0 Å². The molecule has 0 aliphatic rings. The SMILES string of the molecule is C=CCn1c(SCC(=O)N(Cc2ccccc2)C(C)C)nnc1-c1ccc(Br)cc1. The Morgan fingerprint density at radius 3 is 2.50 bits per heavy atom. The van der Waals surface area contributed by atoms with Gasteiger partial charge < -0.3 is 4.90 Å². The van der Waals surface area contributed by atoms with E-state index in [1.54, 1.807) is 0 Å². The van der Waals surface area contributed by atoms with Crippen molar-refractivity contribution in [2.75, 3.05) is 5.75 Å². The minimum atomic E-state index is 0.0807. The number of carbonyl (C=O) groups excluding carboxylic acids is 1. The second-order valence-corrected chi connectivity index (χ2v) is 8.96. The summed E-state index contributed by atoms with van der Waals surface area (Å²) < 4.78 is 3.00. The number of aromatic nitrogens is 3. The predicted octanol–water partition coefficient (Wildman–Crippen LogP) is 5.42. The van der Waals surface area contributed by atoms with Crippen LogP contribution in [0.1, 0.15) is 19.4 Å². The van der Waals surface area contributed by atoms with Gasteiger partial charge in [-0.25, -0.2) is 0 Å². The van der Waals surface area contributed by atoms with Gasteiger partial charge in [0.25, 0.3) is 0 Å². The number of hydrogen-bond donors (Lipinski definition) is 0. The molecule has 1 aromatic heterocycles. The third-order valence-corrected chi connectivity index (χ3v) is 6.08. The van der Waals surface area contributed by atoms with E-state index in [2.05, 4.69) is 32.7 Å². The Morgan fingerprint density at radius 1 is 1.17 bits per heavy atom. The molecule has 2 aromatic carbocycles. The number of amides is 1. The average Bonchev–Trinajstić information content (AvgIpc) is 3.14. The first-order chi connectivity index (χ1) is 14.5. The molecule has 0 atom stereocenters. The molecule has 7 heteroatoms. The maximum absolute atomic E-state index is 13.0. The molecule has 0 saturated carbocycles. The van der Waals surface area contributed by atoms with Crippen LogP contribution in [-0.4, -0.2) is 37.4 Å². The van der Waals surface area contributed by atoms with Gasteiger partial charge in [0.2, 0.25) is 5.91 Å². The number of nitrogens with zero attached hydrogens (tertiary/aromatic N) is 4. The van der Waals surface area contributed by atoms with E-state index in [9.17, 15) is 4.79 Å². The highest BCUT2D eigenvalue weighted by atomic mass is 79.9. The van der Waals surface area contributed by atoms with Crippen molar-refractivity contribution in [3.8, 4) is 11.4 Å². The van der Waals surface area contributed by atoms with E-state index in [0.29, 0.717) is 24.0 Å². The van der Waals surface area contributed by atoms with Crippen LogP contribution in [0.2, 0.25) is 0 Å². The zero-order chi connectivity index (χ0) is 21.5. The Bertz CT molecular complexity index is 986. The van der Waals surface area contributed by atoms with Crippen molar-refractivity contribution in [1.29, 1.82) is 0 Å². The van der Waals surface area contributed by atoms with E-state index in [1.807, 2.05) is 84.0 Å². The van der Waals surface area contributed by atoms with Crippen molar-refractivity contribution in [2.45, 2.75) is 38.1 Å². The summed E-state index contributed by atoms with van der Waals surface area (Å²) in [5.74, 6) is 1.15. The highest BCUT2D eigenvalue weighted by Gasteiger charge is 2.20. The quantitative estimate of drug-likeness (QED) is 0.300. The molecular formula is C23H25BrN4OS. The summed E-state index contributed by atoms with van der Waals surface area (Å²) in [6.45, 7) is 9.10. The first-order valence-corrected chi connectivity index (χ1v) is 11.5. The number of benzene rings is 2. The Balaban J connectivity index is 1.74. The van der Waals surface area contributed by atoms with E-state index < -0.39 is 0 Å². The summed E-state index contributed by atoms with van der Waals surface area (Å²) in [5.41, 5.74) is 2.09. The summed E-state index contributed by atoms with van der Waals surface area (Å²) in [5, 5.41) is 9.42. The maximum Gasteiger partial charge on any atom is 0.233 e. The zero-order valence-electron chi connectivity index (χ0n) is 17.2. The molecule has 30 heavy (non-hydrogen) atoms. The van der Waals surface area contributed by atoms with Gasteiger partial charge in [0, 0.05) is 29.2 Å². The van der Waals surface area contributed by atoms with Gasteiger partial charge in [0.05, 0.1) is 5.75 Å². The minimum absolute atomic E-state index is 0.0807. The van der Waals surface area contributed by atoms with E-state index in [0.717, 1.165) is 21.4 Å². The van der Waals surface area contributed by atoms with Gasteiger partial charge >= 0.3 is 0 Å². The van der Waals surface area contributed by atoms with E-state index in [1.165, 1.54) is 11.8 Å². The molecule has 3 aromatic rings. The number of carbonyl (C=O) groups is 1. The molecule has 0 N–H and O–H groups in total. The van der Waals surface area contributed by atoms with Gasteiger partial charge in [-0.05, 0) is 31.5 Å². The molecule has 0 fully saturated rings. The second kappa shape index (κ2) is 10.6. The average molecular weight is 485 g/mol. The minimum Gasteiger partial charge on any atom is -0.335 e. The third kappa shape index (κ3) is 5.61. The van der Waals surface area contributed by atoms with E-state index in [-0.39, 0.29) is 11.9 Å². The number of rotatable bonds is 9. The van der Waals surface area contributed by atoms with Crippen molar-refractivity contribution < 1.29 is 4.79 Å². The van der Waals surface area contributed by atoms with Crippen molar-refractivity contribution in [3.05, 3.63) is 77.3 Å². The second-order valence-electron chi connectivity index (χ2n) is 7.10. The van der Waals surface area contributed by atoms with Crippen LogP contribution in [0.4, 0.5) is 0 Å². The molecule has 0 aliphatic heterocycles. The highest BCUT2D eigenvalue weighted by molar-refractivity contribution is 9.10. The van der Waals surface area contributed by atoms with Crippen LogP contribution in [0.5, 0.6) is 0 Å². The number of halogens is 1. The molecule has 0 saturated heterocycles. The van der Waals surface area contributed by atoms with Gasteiger partial charge in [0.1, 0.15) is 0 Å². The zero-order valence-corrected chi connectivity index (χ0v) is 19.6. The van der Waals surface area contributed by atoms with Crippen LogP contribution in [0, 0.1) is 0 Å². The molecule has 0 unspecified atom stereocenters. The standard InChI is InChI=1S/C23H25BrN4OS/c1-4-14-27-22(19-10-12-20(24)13-11-19)25-26-23(27)30-16-21(29)28(17(2)3)15-18-8-6-5-7-9-18/h4-13,17H,1,14-16H2,2-3H3. The lowest BCUT2D eigenvalue weighted by molar-refractivity contribution is -0.130. The van der Waals surface area contributed by atoms with Gasteiger partial charge in [0.15, 0.2) is 11.0 Å². The molecule has 3 rings (SSSR count). The lowest BCUT2D eigenvalue weighted by Gasteiger charge is -2.26. The van der Waals surface area contributed by atoms with Crippen molar-refractivity contribution in [2.24, 2.45) is 0 Å². The molecule has 1 amide bonds. The summed E-state index contributed by atoms with van der Waals surface area (Å²) in [6, 6.07) is 18.1. The lowest BCUT2D eigenvalue weighted by atomic mass is 10.2. The van der Waals surface area contributed by atoms with Gasteiger partial charge in [-0.2, -0.15) is 0 Å². The molecule has 1 heterocycles. The molecule has 0 radical (unpaired) electrons. The predicted molar refractivity (Wildman–Crippen MR) is 126 cm³/mol. The Labute approximate surface area is 190 Å². The van der Waals surface area contributed by atoms with E-state index >= 15 is 0 Å². The normalized spacial score (nSPS) is 10.9. The third-order valence-electron chi connectivity index (χ3n) is 4.60. The fourth-order valence-corrected chi connectivity index (χ4v) is 4.15. The molecule has 0 aliphatic carbocycles. The topological polar surface area (TPSA) is 51.0 Å². The van der Waals surface area contributed by atoms with Crippen LogP contribution in [-0.2, 0) is 17.9 Å². The molecular weight excluding hydrogens is 460 g/mol.